The van der Waals surface area contributed by atoms with E-state index in [1.807, 2.05) is 29.4 Å². The summed E-state index contributed by atoms with van der Waals surface area (Å²) in [5.41, 5.74) is 6.34. The van der Waals surface area contributed by atoms with E-state index in [9.17, 15) is 9.18 Å². The first-order chi connectivity index (χ1) is 12.5. The third-order valence-corrected chi connectivity index (χ3v) is 4.42. The largest absolute Gasteiger partial charge is 0.379 e. The normalized spacial score (nSPS) is 15.5. The average Bonchev–Trinajstić information content (AvgIpc) is 2.90. The number of ether oxygens (including phenoxy) is 1. The molecule has 0 saturated carbocycles. The van der Waals surface area contributed by atoms with Crippen LogP contribution in [-0.4, -0.2) is 54.4 Å². The Kier molecular flexibility index (Phi) is 5.80. The van der Waals surface area contributed by atoms with Gasteiger partial charge in [0.25, 0.3) is 5.91 Å². The van der Waals surface area contributed by atoms with Gasteiger partial charge in [0, 0.05) is 35.7 Å². The minimum Gasteiger partial charge on any atom is -0.379 e. The van der Waals surface area contributed by atoms with Gasteiger partial charge >= 0.3 is 0 Å². The Bertz CT molecular complexity index is 793. The number of nitrogens with zero attached hydrogens (tertiary/aromatic N) is 3. The van der Waals surface area contributed by atoms with Crippen LogP contribution in [-0.2, 0) is 9.53 Å². The lowest BCUT2D eigenvalue weighted by Gasteiger charge is -2.25. The highest BCUT2D eigenvalue weighted by Crippen LogP contribution is 2.19. The Morgan fingerprint density at radius 1 is 1.27 bits per heavy atom. The molecule has 1 N–H and O–H groups in total. The van der Waals surface area contributed by atoms with Gasteiger partial charge in [-0.1, -0.05) is 0 Å². The number of aromatic nitrogens is 1. The van der Waals surface area contributed by atoms with Crippen molar-refractivity contribution < 1.29 is 13.9 Å². The molecular weight excluding hydrogens is 335 g/mol. The zero-order valence-corrected chi connectivity index (χ0v) is 15.0. The molecule has 1 saturated heterocycles. The number of morpholine rings is 1. The summed E-state index contributed by atoms with van der Waals surface area (Å²) in [6, 6.07) is 8.33. The van der Waals surface area contributed by atoms with Crippen LogP contribution in [0.15, 0.2) is 35.4 Å². The number of halogens is 1. The number of carbonyl (C=O) groups excluding carboxylic acids is 1. The van der Waals surface area contributed by atoms with Gasteiger partial charge in [0.2, 0.25) is 0 Å². The maximum atomic E-state index is 13.1. The summed E-state index contributed by atoms with van der Waals surface area (Å²) in [4.78, 5) is 14.0. The number of aryl methyl sites for hydroxylation is 1. The van der Waals surface area contributed by atoms with Crippen molar-refractivity contribution >= 4 is 12.1 Å². The van der Waals surface area contributed by atoms with E-state index in [0.717, 1.165) is 35.7 Å². The van der Waals surface area contributed by atoms with Crippen molar-refractivity contribution in [1.29, 1.82) is 0 Å². The lowest BCUT2D eigenvalue weighted by molar-refractivity contribution is -0.123. The van der Waals surface area contributed by atoms with E-state index in [-0.39, 0.29) is 11.7 Å². The van der Waals surface area contributed by atoms with E-state index in [1.54, 1.807) is 18.3 Å². The Morgan fingerprint density at radius 2 is 1.96 bits per heavy atom. The molecule has 1 aromatic carbocycles. The fourth-order valence-electron chi connectivity index (χ4n) is 3.08. The molecule has 6 nitrogen and oxygen atoms in total. The second kappa shape index (κ2) is 8.25. The molecular formula is C19H23FN4O2. The van der Waals surface area contributed by atoms with Crippen molar-refractivity contribution in [3.63, 3.8) is 0 Å². The van der Waals surface area contributed by atoms with Crippen LogP contribution in [0.4, 0.5) is 4.39 Å². The number of hydrogen-bond acceptors (Lipinski definition) is 4. The predicted octanol–water partition coefficient (Wildman–Crippen LogP) is 2.02. The van der Waals surface area contributed by atoms with E-state index in [0.29, 0.717) is 19.8 Å². The number of hydrazone groups is 1. The third kappa shape index (κ3) is 4.36. The molecule has 0 bridgehead atoms. The van der Waals surface area contributed by atoms with Crippen molar-refractivity contribution in [3.8, 4) is 5.69 Å². The monoisotopic (exact) mass is 358 g/mol. The van der Waals surface area contributed by atoms with Crippen LogP contribution in [0.5, 0.6) is 0 Å². The maximum absolute atomic E-state index is 13.1. The quantitative estimate of drug-likeness (QED) is 0.657. The molecule has 1 fully saturated rings. The molecule has 0 aliphatic carbocycles. The average molecular weight is 358 g/mol. The summed E-state index contributed by atoms with van der Waals surface area (Å²) < 4.78 is 20.4. The number of rotatable bonds is 5. The van der Waals surface area contributed by atoms with Gasteiger partial charge in [-0.25, -0.2) is 9.82 Å². The lowest BCUT2D eigenvalue weighted by Crippen LogP contribution is -2.42. The number of amides is 1. The van der Waals surface area contributed by atoms with Crippen molar-refractivity contribution in [2.75, 3.05) is 32.8 Å². The van der Waals surface area contributed by atoms with E-state index < -0.39 is 0 Å². The summed E-state index contributed by atoms with van der Waals surface area (Å²) in [7, 11) is 0. The molecule has 26 heavy (non-hydrogen) atoms. The van der Waals surface area contributed by atoms with Crippen molar-refractivity contribution in [2.45, 2.75) is 13.8 Å². The molecule has 0 atom stereocenters. The molecule has 138 valence electrons. The Balaban J connectivity index is 1.64. The van der Waals surface area contributed by atoms with Gasteiger partial charge in [0.15, 0.2) is 0 Å². The highest BCUT2D eigenvalue weighted by molar-refractivity contribution is 5.84. The van der Waals surface area contributed by atoms with Crippen LogP contribution in [0.3, 0.4) is 0 Å². The summed E-state index contributed by atoms with van der Waals surface area (Å²) in [5, 5.41) is 4.07. The number of hydrogen-bond donors (Lipinski definition) is 1. The maximum Gasteiger partial charge on any atom is 0.254 e. The summed E-state index contributed by atoms with van der Waals surface area (Å²) in [6.07, 6.45) is 1.64. The van der Waals surface area contributed by atoms with Gasteiger partial charge in [0.05, 0.1) is 26.0 Å². The van der Waals surface area contributed by atoms with Crippen LogP contribution in [0.1, 0.15) is 17.0 Å². The van der Waals surface area contributed by atoms with E-state index in [4.69, 9.17) is 4.74 Å². The summed E-state index contributed by atoms with van der Waals surface area (Å²) >= 11 is 0. The number of carbonyl (C=O) groups is 1. The minimum absolute atomic E-state index is 0.143. The van der Waals surface area contributed by atoms with E-state index in [2.05, 4.69) is 10.5 Å². The standard InChI is InChI=1S/C19H23FN4O2/c1-14-11-16(15(2)24(14)18-5-3-17(20)4-6-18)12-21-22-19(25)13-23-7-9-26-10-8-23/h3-6,11-12H,7-10,13H2,1-2H3,(H,22,25)/b21-12+. The van der Waals surface area contributed by atoms with Crippen molar-refractivity contribution in [3.05, 3.63) is 53.1 Å². The molecule has 1 aliphatic rings. The highest BCUT2D eigenvalue weighted by atomic mass is 19.1. The summed E-state index contributed by atoms with van der Waals surface area (Å²) in [5.74, 6) is -0.406. The SMILES string of the molecule is Cc1cc(/C=N/NC(=O)CN2CCOCC2)c(C)n1-c1ccc(F)cc1. The van der Waals surface area contributed by atoms with Crippen LogP contribution in [0.25, 0.3) is 5.69 Å². The van der Waals surface area contributed by atoms with Crippen LogP contribution in [0, 0.1) is 19.7 Å². The molecule has 1 amide bonds. The first-order valence-electron chi connectivity index (χ1n) is 8.61. The molecule has 0 radical (unpaired) electrons. The minimum atomic E-state index is -0.263. The molecule has 1 aromatic heterocycles. The fourth-order valence-corrected chi connectivity index (χ4v) is 3.08. The summed E-state index contributed by atoms with van der Waals surface area (Å²) in [6.45, 7) is 7.09. The van der Waals surface area contributed by atoms with Crippen molar-refractivity contribution in [2.24, 2.45) is 5.10 Å². The second-order valence-electron chi connectivity index (χ2n) is 6.32. The van der Waals surface area contributed by atoms with Gasteiger partial charge in [-0.3, -0.25) is 9.69 Å². The Labute approximate surface area is 152 Å². The second-order valence-corrected chi connectivity index (χ2v) is 6.32. The van der Waals surface area contributed by atoms with Crippen LogP contribution < -0.4 is 5.43 Å². The topological polar surface area (TPSA) is 58.9 Å². The molecule has 7 heteroatoms. The number of benzene rings is 1. The predicted molar refractivity (Wildman–Crippen MR) is 98.2 cm³/mol. The molecule has 0 unspecified atom stereocenters. The molecule has 3 rings (SSSR count). The molecule has 2 aromatic rings. The third-order valence-electron chi connectivity index (χ3n) is 4.42. The van der Waals surface area contributed by atoms with E-state index in [1.165, 1.54) is 12.1 Å². The molecule has 1 aliphatic heterocycles. The zero-order valence-electron chi connectivity index (χ0n) is 15.0. The van der Waals surface area contributed by atoms with Crippen LogP contribution in [0.2, 0.25) is 0 Å². The Hall–Kier alpha value is -2.51. The van der Waals surface area contributed by atoms with Gasteiger partial charge in [-0.15, -0.1) is 0 Å². The number of nitrogens with one attached hydrogen (secondary N) is 1. The first kappa shape index (κ1) is 18.3. The fraction of sp³-hybridized carbons (Fsp3) is 0.368. The zero-order chi connectivity index (χ0) is 18.5. The smallest absolute Gasteiger partial charge is 0.254 e. The van der Waals surface area contributed by atoms with Crippen LogP contribution >= 0.6 is 0 Å². The lowest BCUT2D eigenvalue weighted by atomic mass is 10.2. The molecule has 2 heterocycles. The molecule has 0 spiro atoms. The van der Waals surface area contributed by atoms with Gasteiger partial charge in [0.1, 0.15) is 5.82 Å². The highest BCUT2D eigenvalue weighted by Gasteiger charge is 2.14. The van der Waals surface area contributed by atoms with Gasteiger partial charge in [-0.05, 0) is 44.2 Å². The van der Waals surface area contributed by atoms with Gasteiger partial charge in [-0.2, -0.15) is 5.10 Å². The van der Waals surface area contributed by atoms with E-state index >= 15 is 0 Å². The van der Waals surface area contributed by atoms with Gasteiger partial charge < -0.3 is 9.30 Å². The Morgan fingerprint density at radius 3 is 2.65 bits per heavy atom. The van der Waals surface area contributed by atoms with Crippen molar-refractivity contribution in [1.82, 2.24) is 14.9 Å². The first-order valence-corrected chi connectivity index (χ1v) is 8.61.